The van der Waals surface area contributed by atoms with Crippen molar-refractivity contribution in [1.29, 1.82) is 0 Å². The molecule has 1 fully saturated rings. The molecule has 0 aromatic carbocycles. The third-order valence-electron chi connectivity index (χ3n) is 3.39. The Hall–Kier alpha value is -1.29. The molecule has 1 aliphatic carbocycles. The normalized spacial score (nSPS) is 17.0. The minimum Gasteiger partial charge on any atom is -0.468 e. The Morgan fingerprint density at radius 3 is 2.89 bits per heavy atom. The van der Waals surface area contributed by atoms with E-state index in [2.05, 4.69) is 5.32 Å². The fourth-order valence-electron chi connectivity index (χ4n) is 2.49. The summed E-state index contributed by atoms with van der Waals surface area (Å²) >= 11 is 0. The Balaban J connectivity index is 1.69. The zero-order valence-electron chi connectivity index (χ0n) is 11.0. The number of nitrogens with one attached hydrogen (secondary N) is 1. The van der Waals surface area contributed by atoms with Crippen molar-refractivity contribution in [2.75, 3.05) is 13.6 Å². The molecule has 1 aromatic rings. The first-order chi connectivity index (χ1) is 8.74. The van der Waals surface area contributed by atoms with E-state index in [-0.39, 0.29) is 5.91 Å². The molecule has 1 aromatic heterocycles. The Morgan fingerprint density at radius 1 is 1.44 bits per heavy atom. The zero-order chi connectivity index (χ0) is 12.8. The van der Waals surface area contributed by atoms with Gasteiger partial charge < -0.3 is 9.73 Å². The zero-order valence-corrected chi connectivity index (χ0v) is 11.0. The van der Waals surface area contributed by atoms with E-state index in [0.29, 0.717) is 19.1 Å². The summed E-state index contributed by atoms with van der Waals surface area (Å²) in [7, 11) is 1.93. The van der Waals surface area contributed by atoms with Gasteiger partial charge in [-0.2, -0.15) is 0 Å². The van der Waals surface area contributed by atoms with E-state index >= 15 is 0 Å². The van der Waals surface area contributed by atoms with Gasteiger partial charge in [0.05, 0.1) is 19.4 Å². The van der Waals surface area contributed by atoms with Crippen molar-refractivity contribution in [3.05, 3.63) is 24.2 Å². The van der Waals surface area contributed by atoms with Crippen molar-refractivity contribution in [1.82, 2.24) is 10.2 Å². The molecule has 1 N–H and O–H groups in total. The number of hydrogen-bond donors (Lipinski definition) is 1. The Kier molecular flexibility index (Phi) is 4.81. The monoisotopic (exact) mass is 250 g/mol. The van der Waals surface area contributed by atoms with Gasteiger partial charge in [0.25, 0.3) is 0 Å². The van der Waals surface area contributed by atoms with E-state index in [1.807, 2.05) is 24.1 Å². The lowest BCUT2D eigenvalue weighted by Crippen LogP contribution is -2.41. The van der Waals surface area contributed by atoms with Crippen molar-refractivity contribution in [2.45, 2.75) is 44.7 Å². The van der Waals surface area contributed by atoms with E-state index < -0.39 is 0 Å². The quantitative estimate of drug-likeness (QED) is 0.871. The molecule has 0 spiro atoms. The molecule has 2 rings (SSSR count). The first-order valence-corrected chi connectivity index (χ1v) is 6.74. The summed E-state index contributed by atoms with van der Waals surface area (Å²) in [6.45, 7) is 1.10. The van der Waals surface area contributed by atoms with E-state index in [4.69, 9.17) is 4.42 Å². The van der Waals surface area contributed by atoms with Gasteiger partial charge in [0.1, 0.15) is 5.76 Å². The molecule has 0 radical (unpaired) electrons. The van der Waals surface area contributed by atoms with E-state index in [0.717, 1.165) is 18.6 Å². The lowest BCUT2D eigenvalue weighted by Gasteiger charge is -2.24. The summed E-state index contributed by atoms with van der Waals surface area (Å²) in [5.74, 6) is 1.01. The van der Waals surface area contributed by atoms with Gasteiger partial charge >= 0.3 is 0 Å². The van der Waals surface area contributed by atoms with Crippen LogP contribution in [-0.4, -0.2) is 30.4 Å². The van der Waals surface area contributed by atoms with Crippen LogP contribution in [0.15, 0.2) is 22.8 Å². The number of nitrogens with zero attached hydrogens (tertiary/aromatic N) is 1. The molecule has 1 aliphatic rings. The van der Waals surface area contributed by atoms with Gasteiger partial charge in [-0.05, 0) is 32.0 Å². The average molecular weight is 250 g/mol. The third kappa shape index (κ3) is 4.18. The second-order valence-corrected chi connectivity index (χ2v) is 5.15. The van der Waals surface area contributed by atoms with Gasteiger partial charge in [0.15, 0.2) is 0 Å². The van der Waals surface area contributed by atoms with Gasteiger partial charge in [-0.3, -0.25) is 9.69 Å². The first kappa shape index (κ1) is 13.1. The summed E-state index contributed by atoms with van der Waals surface area (Å²) in [5, 5.41) is 3.12. The van der Waals surface area contributed by atoms with Crippen LogP contribution in [0.3, 0.4) is 0 Å². The molecule has 1 heterocycles. The molecule has 0 aliphatic heterocycles. The van der Waals surface area contributed by atoms with Gasteiger partial charge in [-0.25, -0.2) is 0 Å². The Morgan fingerprint density at radius 2 is 2.22 bits per heavy atom. The maximum absolute atomic E-state index is 11.9. The largest absolute Gasteiger partial charge is 0.468 e. The third-order valence-corrected chi connectivity index (χ3v) is 3.39. The summed E-state index contributed by atoms with van der Waals surface area (Å²) in [6, 6.07) is 4.18. The number of likely N-dealkylation sites (N-methyl/N-ethyl adjacent to an activating group) is 1. The molecule has 0 atom stereocenters. The molecule has 100 valence electrons. The SMILES string of the molecule is CN(CC(=O)NC1CCCCC1)Cc1ccco1. The first-order valence-electron chi connectivity index (χ1n) is 6.74. The molecule has 1 amide bonds. The van der Waals surface area contributed by atoms with Crippen molar-refractivity contribution < 1.29 is 9.21 Å². The highest BCUT2D eigenvalue weighted by Crippen LogP contribution is 2.17. The number of hydrogen-bond acceptors (Lipinski definition) is 3. The minimum absolute atomic E-state index is 0.121. The van der Waals surface area contributed by atoms with Crippen LogP contribution in [0, 0.1) is 0 Å². The van der Waals surface area contributed by atoms with E-state index in [9.17, 15) is 4.79 Å². The average Bonchev–Trinajstić information content (AvgIpc) is 2.82. The fraction of sp³-hybridized carbons (Fsp3) is 0.643. The highest BCUT2D eigenvalue weighted by Gasteiger charge is 2.16. The predicted octanol–water partition coefficient (Wildman–Crippen LogP) is 2.16. The van der Waals surface area contributed by atoms with Crippen molar-refractivity contribution in [2.24, 2.45) is 0 Å². The second-order valence-electron chi connectivity index (χ2n) is 5.15. The van der Waals surface area contributed by atoms with Gasteiger partial charge in [0, 0.05) is 6.04 Å². The topological polar surface area (TPSA) is 45.5 Å². The van der Waals surface area contributed by atoms with Gasteiger partial charge in [-0.1, -0.05) is 19.3 Å². The maximum Gasteiger partial charge on any atom is 0.234 e. The smallest absolute Gasteiger partial charge is 0.234 e. The standard InChI is InChI=1S/C14H22N2O2/c1-16(10-13-8-5-9-18-13)11-14(17)15-12-6-3-2-4-7-12/h5,8-9,12H,2-4,6-7,10-11H2,1H3,(H,15,17). The number of carbonyl (C=O) groups is 1. The lowest BCUT2D eigenvalue weighted by atomic mass is 9.95. The second kappa shape index (κ2) is 6.59. The highest BCUT2D eigenvalue weighted by atomic mass is 16.3. The van der Waals surface area contributed by atoms with Crippen molar-refractivity contribution in [3.63, 3.8) is 0 Å². The van der Waals surface area contributed by atoms with Crippen molar-refractivity contribution >= 4 is 5.91 Å². The highest BCUT2D eigenvalue weighted by molar-refractivity contribution is 5.78. The lowest BCUT2D eigenvalue weighted by molar-refractivity contribution is -0.123. The molecule has 0 bridgehead atoms. The fourth-order valence-corrected chi connectivity index (χ4v) is 2.49. The minimum atomic E-state index is 0.121. The molecule has 4 nitrogen and oxygen atoms in total. The van der Waals surface area contributed by atoms with Gasteiger partial charge in [0.2, 0.25) is 5.91 Å². The number of rotatable bonds is 5. The summed E-state index contributed by atoms with van der Waals surface area (Å²) in [4.78, 5) is 13.8. The molecular formula is C14H22N2O2. The molecule has 1 saturated carbocycles. The number of carbonyl (C=O) groups excluding carboxylic acids is 1. The molecular weight excluding hydrogens is 228 g/mol. The van der Waals surface area contributed by atoms with Crippen LogP contribution in [0.4, 0.5) is 0 Å². The molecule has 0 unspecified atom stereocenters. The van der Waals surface area contributed by atoms with Crippen LogP contribution in [0.1, 0.15) is 37.9 Å². The van der Waals surface area contributed by atoms with E-state index in [1.165, 1.54) is 19.3 Å². The van der Waals surface area contributed by atoms with E-state index in [1.54, 1.807) is 6.26 Å². The van der Waals surface area contributed by atoms with Crippen molar-refractivity contribution in [3.8, 4) is 0 Å². The van der Waals surface area contributed by atoms with Crippen LogP contribution in [0.5, 0.6) is 0 Å². The molecule has 0 saturated heterocycles. The molecule has 18 heavy (non-hydrogen) atoms. The molecule has 4 heteroatoms. The van der Waals surface area contributed by atoms with Crippen LogP contribution in [0.25, 0.3) is 0 Å². The number of furan rings is 1. The maximum atomic E-state index is 11.9. The Bertz CT molecular complexity index is 356. The summed E-state index contributed by atoms with van der Waals surface area (Å²) < 4.78 is 5.26. The predicted molar refractivity (Wildman–Crippen MR) is 70.1 cm³/mol. The van der Waals surface area contributed by atoms with Gasteiger partial charge in [-0.15, -0.1) is 0 Å². The van der Waals surface area contributed by atoms with Crippen LogP contribution in [-0.2, 0) is 11.3 Å². The van der Waals surface area contributed by atoms with Crippen LogP contribution < -0.4 is 5.32 Å². The van der Waals surface area contributed by atoms with Crippen LogP contribution in [0.2, 0.25) is 0 Å². The van der Waals surface area contributed by atoms with Crippen LogP contribution >= 0.6 is 0 Å². The summed E-state index contributed by atoms with van der Waals surface area (Å²) in [5.41, 5.74) is 0. The summed E-state index contributed by atoms with van der Waals surface area (Å²) in [6.07, 6.45) is 7.72. The Labute approximate surface area is 108 Å². The number of amides is 1.